The normalized spacial score (nSPS) is 21.5. The SMILES string of the molecule is CCCCN(C(=O)c1ccc(N2CCC(C)CC2)c([N+](=O)[O-])c1)C1CCS(=O)(=O)C1. The maximum absolute atomic E-state index is 13.2. The zero-order valence-electron chi connectivity index (χ0n) is 17.7. The van der Waals surface area contributed by atoms with E-state index in [0.29, 0.717) is 24.6 Å². The summed E-state index contributed by atoms with van der Waals surface area (Å²) < 4.78 is 23.9. The molecule has 0 aliphatic carbocycles. The lowest BCUT2D eigenvalue weighted by Gasteiger charge is -2.32. The number of rotatable bonds is 7. The summed E-state index contributed by atoms with van der Waals surface area (Å²) in [5.74, 6) is 0.331. The fourth-order valence-corrected chi connectivity index (χ4v) is 6.02. The number of carbonyl (C=O) groups excluding carboxylic acids is 1. The van der Waals surface area contributed by atoms with E-state index < -0.39 is 14.8 Å². The van der Waals surface area contributed by atoms with Crippen LogP contribution in [0.5, 0.6) is 0 Å². The number of unbranched alkanes of at least 4 members (excludes halogenated alkanes) is 1. The summed E-state index contributed by atoms with van der Waals surface area (Å²) in [5.41, 5.74) is 0.730. The molecular weight excluding hydrogens is 406 g/mol. The average molecular weight is 438 g/mol. The van der Waals surface area contributed by atoms with E-state index in [4.69, 9.17) is 0 Å². The van der Waals surface area contributed by atoms with E-state index in [1.807, 2.05) is 11.8 Å². The highest BCUT2D eigenvalue weighted by Crippen LogP contribution is 2.33. The Labute approximate surface area is 178 Å². The molecular formula is C21H31N3O5S. The Balaban J connectivity index is 1.87. The molecule has 2 fully saturated rings. The number of hydrogen-bond acceptors (Lipinski definition) is 6. The van der Waals surface area contributed by atoms with E-state index in [1.165, 1.54) is 6.07 Å². The van der Waals surface area contributed by atoms with Crippen LogP contribution in [0.2, 0.25) is 0 Å². The van der Waals surface area contributed by atoms with Crippen molar-refractivity contribution in [2.24, 2.45) is 5.92 Å². The molecule has 9 heteroatoms. The molecule has 3 rings (SSSR count). The lowest BCUT2D eigenvalue weighted by atomic mass is 9.98. The van der Waals surface area contributed by atoms with Crippen molar-refractivity contribution in [3.05, 3.63) is 33.9 Å². The number of carbonyl (C=O) groups is 1. The molecule has 2 saturated heterocycles. The van der Waals surface area contributed by atoms with Crippen molar-refractivity contribution >= 4 is 27.1 Å². The molecule has 0 aromatic heterocycles. The average Bonchev–Trinajstić information content (AvgIpc) is 3.07. The molecule has 0 saturated carbocycles. The molecule has 0 N–H and O–H groups in total. The highest BCUT2D eigenvalue weighted by Gasteiger charge is 2.35. The monoisotopic (exact) mass is 437 g/mol. The van der Waals surface area contributed by atoms with Crippen molar-refractivity contribution in [3.63, 3.8) is 0 Å². The third-order valence-corrected chi connectivity index (χ3v) is 7.96. The van der Waals surface area contributed by atoms with E-state index in [1.54, 1.807) is 17.0 Å². The maximum atomic E-state index is 13.2. The van der Waals surface area contributed by atoms with Gasteiger partial charge in [0.2, 0.25) is 0 Å². The van der Waals surface area contributed by atoms with Crippen molar-refractivity contribution < 1.29 is 18.1 Å². The zero-order valence-corrected chi connectivity index (χ0v) is 18.6. The minimum absolute atomic E-state index is 0.0331. The first-order valence-corrected chi connectivity index (χ1v) is 12.6. The topological polar surface area (TPSA) is 101 Å². The van der Waals surface area contributed by atoms with Crippen LogP contribution in [0.25, 0.3) is 0 Å². The molecule has 2 aliphatic rings. The molecule has 1 aromatic carbocycles. The predicted octanol–water partition coefficient (Wildman–Crippen LogP) is 3.26. The zero-order chi connectivity index (χ0) is 21.9. The third-order valence-electron chi connectivity index (χ3n) is 6.21. The molecule has 1 unspecified atom stereocenters. The smallest absolute Gasteiger partial charge is 0.293 e. The number of sulfone groups is 1. The maximum Gasteiger partial charge on any atom is 0.293 e. The predicted molar refractivity (Wildman–Crippen MR) is 117 cm³/mol. The molecule has 1 amide bonds. The highest BCUT2D eigenvalue weighted by molar-refractivity contribution is 7.91. The Kier molecular flexibility index (Phi) is 7.00. The van der Waals surface area contributed by atoms with Gasteiger partial charge in [0.25, 0.3) is 11.6 Å². The van der Waals surface area contributed by atoms with Crippen molar-refractivity contribution in [2.75, 3.05) is 36.0 Å². The number of anilines is 1. The van der Waals surface area contributed by atoms with Crippen LogP contribution in [0, 0.1) is 16.0 Å². The minimum Gasteiger partial charge on any atom is -0.366 e. The summed E-state index contributed by atoms with van der Waals surface area (Å²) >= 11 is 0. The number of hydrogen-bond donors (Lipinski definition) is 0. The molecule has 1 aromatic rings. The molecule has 0 radical (unpaired) electrons. The lowest BCUT2D eigenvalue weighted by molar-refractivity contribution is -0.384. The Morgan fingerprint density at radius 3 is 2.53 bits per heavy atom. The fraction of sp³-hybridized carbons (Fsp3) is 0.667. The van der Waals surface area contributed by atoms with Crippen LogP contribution in [0.15, 0.2) is 18.2 Å². The Hall–Kier alpha value is -2.16. The third kappa shape index (κ3) is 5.11. The van der Waals surface area contributed by atoms with Crippen LogP contribution in [-0.4, -0.2) is 61.3 Å². The molecule has 1 atom stereocenters. The number of nitro benzene ring substituents is 1. The highest BCUT2D eigenvalue weighted by atomic mass is 32.2. The first-order chi connectivity index (χ1) is 14.2. The van der Waals surface area contributed by atoms with Gasteiger partial charge in [-0.2, -0.15) is 0 Å². The summed E-state index contributed by atoms with van der Waals surface area (Å²) in [4.78, 5) is 28.2. The molecule has 8 nitrogen and oxygen atoms in total. The van der Waals surface area contributed by atoms with Gasteiger partial charge in [-0.15, -0.1) is 0 Å². The van der Waals surface area contributed by atoms with Crippen LogP contribution >= 0.6 is 0 Å². The Bertz CT molecular complexity index is 894. The van der Waals surface area contributed by atoms with Crippen molar-refractivity contribution in [3.8, 4) is 0 Å². The van der Waals surface area contributed by atoms with Gasteiger partial charge in [0.05, 0.1) is 16.4 Å². The summed E-state index contributed by atoms with van der Waals surface area (Å²) in [6.45, 7) is 6.17. The van der Waals surface area contributed by atoms with E-state index in [2.05, 4.69) is 6.92 Å². The van der Waals surface area contributed by atoms with Crippen molar-refractivity contribution in [1.82, 2.24) is 4.90 Å². The number of benzene rings is 1. The second-order valence-electron chi connectivity index (χ2n) is 8.54. The van der Waals surface area contributed by atoms with Gasteiger partial charge in [-0.1, -0.05) is 20.3 Å². The number of nitrogens with zero attached hydrogens (tertiary/aromatic N) is 3. The summed E-state index contributed by atoms with van der Waals surface area (Å²) in [6, 6.07) is 4.31. The van der Waals surface area contributed by atoms with E-state index >= 15 is 0 Å². The molecule has 0 spiro atoms. The summed E-state index contributed by atoms with van der Waals surface area (Å²) in [6.07, 6.45) is 4.02. The summed E-state index contributed by atoms with van der Waals surface area (Å²) in [7, 11) is -3.14. The van der Waals surface area contributed by atoms with Gasteiger partial charge >= 0.3 is 0 Å². The van der Waals surface area contributed by atoms with Crippen molar-refractivity contribution in [2.45, 2.75) is 52.0 Å². The van der Waals surface area contributed by atoms with Crippen LogP contribution in [0.4, 0.5) is 11.4 Å². The van der Waals surface area contributed by atoms with Crippen LogP contribution in [0.1, 0.15) is 56.3 Å². The van der Waals surface area contributed by atoms with Gasteiger partial charge in [-0.25, -0.2) is 8.42 Å². The van der Waals surface area contributed by atoms with Gasteiger partial charge in [-0.3, -0.25) is 14.9 Å². The standard InChI is InChI=1S/C21H31N3O5S/c1-3-4-10-23(18-9-13-30(28,29)15-18)21(25)17-5-6-19(20(14-17)24(26)27)22-11-7-16(2)8-12-22/h5-6,14,16,18H,3-4,7-13,15H2,1-2H3. The molecule has 30 heavy (non-hydrogen) atoms. The second kappa shape index (κ2) is 9.32. The fourth-order valence-electron chi connectivity index (χ4n) is 4.29. The second-order valence-corrected chi connectivity index (χ2v) is 10.8. The quantitative estimate of drug-likeness (QED) is 0.479. The van der Waals surface area contributed by atoms with Crippen LogP contribution < -0.4 is 4.90 Å². The van der Waals surface area contributed by atoms with Gasteiger partial charge in [0.1, 0.15) is 5.69 Å². The van der Waals surface area contributed by atoms with Crippen LogP contribution in [-0.2, 0) is 9.84 Å². The number of amides is 1. The first kappa shape index (κ1) is 22.5. The van der Waals surface area contributed by atoms with E-state index in [0.717, 1.165) is 38.8 Å². The molecule has 0 bridgehead atoms. The first-order valence-electron chi connectivity index (χ1n) is 10.8. The largest absolute Gasteiger partial charge is 0.366 e. The van der Waals surface area contributed by atoms with Crippen LogP contribution in [0.3, 0.4) is 0 Å². The molecule has 2 heterocycles. The van der Waals surface area contributed by atoms with Gasteiger partial charge in [0, 0.05) is 37.3 Å². The van der Waals surface area contributed by atoms with E-state index in [9.17, 15) is 23.3 Å². The van der Waals surface area contributed by atoms with Crippen molar-refractivity contribution in [1.29, 1.82) is 0 Å². The lowest BCUT2D eigenvalue weighted by Crippen LogP contribution is -2.41. The number of nitro groups is 1. The Morgan fingerprint density at radius 2 is 1.97 bits per heavy atom. The molecule has 2 aliphatic heterocycles. The summed E-state index contributed by atoms with van der Waals surface area (Å²) in [5, 5.41) is 11.8. The van der Waals surface area contributed by atoms with Gasteiger partial charge < -0.3 is 9.80 Å². The molecule has 166 valence electrons. The van der Waals surface area contributed by atoms with Gasteiger partial charge in [0.15, 0.2) is 9.84 Å². The Morgan fingerprint density at radius 1 is 1.27 bits per heavy atom. The minimum atomic E-state index is -3.14. The van der Waals surface area contributed by atoms with Gasteiger partial charge in [-0.05, 0) is 43.7 Å². The number of piperidine rings is 1. The van der Waals surface area contributed by atoms with E-state index in [-0.39, 0.29) is 34.7 Å².